The third kappa shape index (κ3) is 5.80. The Morgan fingerprint density at radius 2 is 2.21 bits per heavy atom. The fourth-order valence-electron chi connectivity index (χ4n) is 1.50. The van der Waals surface area contributed by atoms with Crippen molar-refractivity contribution >= 4 is 15.9 Å². The van der Waals surface area contributed by atoms with Crippen molar-refractivity contribution in [3.63, 3.8) is 0 Å². The summed E-state index contributed by atoms with van der Waals surface area (Å²) in [5.41, 5.74) is 0.861. The topological polar surface area (TPSA) is 88.2 Å². The molecule has 1 aromatic heterocycles. The molecule has 7 heteroatoms. The molecular formula is C12H19N3O3S. The van der Waals surface area contributed by atoms with E-state index in [1.54, 1.807) is 25.4 Å². The molecule has 0 fully saturated rings. The first kappa shape index (κ1) is 15.6. The average Bonchev–Trinajstić information content (AvgIpc) is 2.36. The molecule has 1 amide bonds. The molecule has 0 aliphatic heterocycles. The van der Waals surface area contributed by atoms with Gasteiger partial charge in [0.25, 0.3) is 0 Å². The number of amides is 1. The predicted octanol–water partition coefficient (Wildman–Crippen LogP) is 0.416. The molecule has 0 bridgehead atoms. The minimum Gasteiger partial charge on any atom is -0.351 e. The number of nitrogens with zero attached hydrogens (tertiary/aromatic N) is 1. The van der Waals surface area contributed by atoms with Gasteiger partial charge in [0, 0.05) is 18.9 Å². The maximum Gasteiger partial charge on any atom is 0.238 e. The van der Waals surface area contributed by atoms with Crippen LogP contribution in [0.15, 0.2) is 24.5 Å². The van der Waals surface area contributed by atoms with E-state index in [0.717, 1.165) is 5.56 Å². The van der Waals surface area contributed by atoms with Crippen molar-refractivity contribution in [2.45, 2.75) is 32.9 Å². The van der Waals surface area contributed by atoms with Crippen LogP contribution in [0.4, 0.5) is 0 Å². The van der Waals surface area contributed by atoms with Gasteiger partial charge in [0.2, 0.25) is 15.9 Å². The molecule has 1 heterocycles. The van der Waals surface area contributed by atoms with Gasteiger partial charge >= 0.3 is 0 Å². The zero-order chi connectivity index (χ0) is 14.3. The second-order valence-electron chi connectivity index (χ2n) is 4.24. The maximum absolute atomic E-state index is 11.7. The largest absolute Gasteiger partial charge is 0.351 e. The van der Waals surface area contributed by atoms with Gasteiger partial charge in [-0.1, -0.05) is 13.0 Å². The van der Waals surface area contributed by atoms with E-state index in [1.165, 1.54) is 6.92 Å². The monoisotopic (exact) mass is 285 g/mol. The number of nitrogens with one attached hydrogen (secondary N) is 2. The first-order chi connectivity index (χ1) is 8.94. The Labute approximate surface area is 113 Å². The summed E-state index contributed by atoms with van der Waals surface area (Å²) in [6.45, 7) is 3.62. The number of pyridine rings is 1. The van der Waals surface area contributed by atoms with Crippen LogP contribution in [0.25, 0.3) is 0 Å². The van der Waals surface area contributed by atoms with Crippen LogP contribution in [0.5, 0.6) is 0 Å². The Morgan fingerprint density at radius 3 is 2.79 bits per heavy atom. The number of rotatable bonds is 7. The van der Waals surface area contributed by atoms with Gasteiger partial charge in [0.1, 0.15) is 0 Å². The van der Waals surface area contributed by atoms with Crippen molar-refractivity contribution in [1.82, 2.24) is 15.0 Å². The van der Waals surface area contributed by atoms with E-state index in [1.807, 2.05) is 6.07 Å². The van der Waals surface area contributed by atoms with E-state index in [-0.39, 0.29) is 11.7 Å². The SMILES string of the molecule is CCCS(=O)(=O)N[C@@H](C)C(=O)NCc1cccnc1. The number of aromatic nitrogens is 1. The van der Waals surface area contributed by atoms with E-state index in [4.69, 9.17) is 0 Å². The van der Waals surface area contributed by atoms with E-state index in [9.17, 15) is 13.2 Å². The lowest BCUT2D eigenvalue weighted by Crippen LogP contribution is -2.45. The van der Waals surface area contributed by atoms with Gasteiger partial charge in [-0.2, -0.15) is 0 Å². The Hall–Kier alpha value is -1.47. The van der Waals surface area contributed by atoms with E-state index >= 15 is 0 Å². The second kappa shape index (κ2) is 7.20. The summed E-state index contributed by atoms with van der Waals surface area (Å²) in [6.07, 6.45) is 3.80. The standard InChI is InChI=1S/C12H19N3O3S/c1-3-7-19(17,18)15-10(2)12(16)14-9-11-5-4-6-13-8-11/h4-6,8,10,15H,3,7,9H2,1-2H3,(H,14,16)/t10-/m0/s1. The summed E-state index contributed by atoms with van der Waals surface area (Å²) in [6, 6.07) is 2.82. The van der Waals surface area contributed by atoms with Gasteiger partial charge in [-0.05, 0) is 25.0 Å². The Bertz CT molecular complexity index is 502. The van der Waals surface area contributed by atoms with Gasteiger partial charge in [-0.15, -0.1) is 0 Å². The molecule has 1 atom stereocenters. The third-order valence-electron chi connectivity index (χ3n) is 2.41. The number of carbonyl (C=O) groups excluding carboxylic acids is 1. The van der Waals surface area contributed by atoms with Crippen molar-refractivity contribution in [1.29, 1.82) is 0 Å². The molecule has 0 unspecified atom stereocenters. The van der Waals surface area contributed by atoms with Crippen LogP contribution in [-0.2, 0) is 21.4 Å². The number of carbonyl (C=O) groups is 1. The van der Waals surface area contributed by atoms with Crippen LogP contribution in [0.1, 0.15) is 25.8 Å². The van der Waals surface area contributed by atoms with Crippen LogP contribution in [0, 0.1) is 0 Å². The minimum atomic E-state index is -3.38. The summed E-state index contributed by atoms with van der Waals surface area (Å²) >= 11 is 0. The highest BCUT2D eigenvalue weighted by molar-refractivity contribution is 7.89. The van der Waals surface area contributed by atoms with Crippen molar-refractivity contribution in [2.75, 3.05) is 5.75 Å². The summed E-state index contributed by atoms with van der Waals surface area (Å²) in [4.78, 5) is 15.7. The van der Waals surface area contributed by atoms with Gasteiger partial charge in [-0.25, -0.2) is 13.1 Å². The highest BCUT2D eigenvalue weighted by Gasteiger charge is 2.19. The van der Waals surface area contributed by atoms with Crippen molar-refractivity contribution < 1.29 is 13.2 Å². The quantitative estimate of drug-likeness (QED) is 0.760. The molecule has 0 radical (unpaired) electrons. The van der Waals surface area contributed by atoms with Crippen molar-refractivity contribution in [3.8, 4) is 0 Å². The van der Waals surface area contributed by atoms with E-state index < -0.39 is 16.1 Å². The van der Waals surface area contributed by atoms with Crippen molar-refractivity contribution in [3.05, 3.63) is 30.1 Å². The van der Waals surface area contributed by atoms with Gasteiger partial charge in [-0.3, -0.25) is 9.78 Å². The molecule has 0 aliphatic rings. The van der Waals surface area contributed by atoms with Gasteiger partial charge in [0.05, 0.1) is 11.8 Å². The molecule has 0 spiro atoms. The van der Waals surface area contributed by atoms with Crippen LogP contribution in [-0.4, -0.2) is 31.1 Å². The van der Waals surface area contributed by atoms with E-state index in [0.29, 0.717) is 13.0 Å². The minimum absolute atomic E-state index is 0.0211. The molecule has 0 aliphatic carbocycles. The first-order valence-corrected chi connectivity index (χ1v) is 7.76. The zero-order valence-electron chi connectivity index (χ0n) is 11.1. The fraction of sp³-hybridized carbons (Fsp3) is 0.500. The lowest BCUT2D eigenvalue weighted by molar-refractivity contribution is -0.122. The molecule has 2 N–H and O–H groups in total. The third-order valence-corrected chi connectivity index (χ3v) is 4.07. The van der Waals surface area contributed by atoms with Gasteiger partial charge < -0.3 is 5.32 Å². The van der Waals surface area contributed by atoms with Crippen LogP contribution >= 0.6 is 0 Å². The fourth-order valence-corrected chi connectivity index (χ4v) is 2.80. The molecule has 0 saturated carbocycles. The average molecular weight is 285 g/mol. The summed E-state index contributed by atoms with van der Waals surface area (Å²) in [5, 5.41) is 2.66. The van der Waals surface area contributed by atoms with Crippen LogP contribution in [0.2, 0.25) is 0 Å². The number of sulfonamides is 1. The summed E-state index contributed by atoms with van der Waals surface area (Å²) in [7, 11) is -3.38. The van der Waals surface area contributed by atoms with Crippen LogP contribution in [0.3, 0.4) is 0 Å². The molecule has 0 saturated heterocycles. The lowest BCUT2D eigenvalue weighted by Gasteiger charge is -2.14. The van der Waals surface area contributed by atoms with Crippen LogP contribution < -0.4 is 10.0 Å². The first-order valence-electron chi connectivity index (χ1n) is 6.11. The molecule has 0 aromatic carbocycles. The predicted molar refractivity (Wildman–Crippen MR) is 72.8 cm³/mol. The highest BCUT2D eigenvalue weighted by atomic mass is 32.2. The summed E-state index contributed by atoms with van der Waals surface area (Å²) < 4.78 is 25.4. The highest BCUT2D eigenvalue weighted by Crippen LogP contribution is 1.96. The molecule has 6 nitrogen and oxygen atoms in total. The molecule has 1 aromatic rings. The maximum atomic E-state index is 11.7. The summed E-state index contributed by atoms with van der Waals surface area (Å²) in [5.74, 6) is -0.337. The second-order valence-corrected chi connectivity index (χ2v) is 6.11. The van der Waals surface area contributed by atoms with Crippen molar-refractivity contribution in [2.24, 2.45) is 0 Å². The number of hydrogen-bond donors (Lipinski definition) is 2. The normalized spacial score (nSPS) is 12.9. The Kier molecular flexibility index (Phi) is 5.91. The zero-order valence-corrected chi connectivity index (χ0v) is 11.9. The molecule has 19 heavy (non-hydrogen) atoms. The lowest BCUT2D eigenvalue weighted by atomic mass is 10.2. The smallest absolute Gasteiger partial charge is 0.238 e. The van der Waals surface area contributed by atoms with E-state index in [2.05, 4.69) is 15.0 Å². The van der Waals surface area contributed by atoms with Gasteiger partial charge in [0.15, 0.2) is 0 Å². The Balaban J connectivity index is 2.45. The molecule has 106 valence electrons. The Morgan fingerprint density at radius 1 is 1.47 bits per heavy atom. The number of hydrogen-bond acceptors (Lipinski definition) is 4. The molecule has 1 rings (SSSR count). The molecular weight excluding hydrogens is 266 g/mol.